The summed E-state index contributed by atoms with van der Waals surface area (Å²) >= 11 is 0. The van der Waals surface area contributed by atoms with E-state index in [9.17, 15) is 19.2 Å². The van der Waals surface area contributed by atoms with Crippen molar-refractivity contribution in [3.63, 3.8) is 0 Å². The van der Waals surface area contributed by atoms with Crippen molar-refractivity contribution in [2.24, 2.45) is 5.92 Å². The molecule has 0 bridgehead atoms. The van der Waals surface area contributed by atoms with Gasteiger partial charge in [-0.1, -0.05) is 36.8 Å². The predicted molar refractivity (Wildman–Crippen MR) is 163 cm³/mol. The first-order valence-corrected chi connectivity index (χ1v) is 15.9. The van der Waals surface area contributed by atoms with Crippen molar-refractivity contribution in [1.82, 2.24) is 15.1 Å². The highest BCUT2D eigenvalue weighted by atomic mass is 16.6. The molecule has 3 atom stereocenters. The van der Waals surface area contributed by atoms with Gasteiger partial charge in [-0.05, 0) is 91.2 Å². The number of carbonyl (C=O) groups is 4. The van der Waals surface area contributed by atoms with E-state index in [-0.39, 0.29) is 42.6 Å². The van der Waals surface area contributed by atoms with Crippen LogP contribution in [-0.2, 0) is 35.2 Å². The van der Waals surface area contributed by atoms with E-state index in [0.717, 1.165) is 37.7 Å². The topological polar surface area (TPSA) is 114 Å². The number of likely N-dealkylation sites (tertiary alicyclic amines) is 2. The summed E-state index contributed by atoms with van der Waals surface area (Å²) in [6, 6.07) is 8.70. The van der Waals surface area contributed by atoms with Gasteiger partial charge >= 0.3 is 18.0 Å². The number of rotatable bonds is 13. The van der Waals surface area contributed by atoms with E-state index in [2.05, 4.69) is 5.32 Å². The van der Waals surface area contributed by atoms with Gasteiger partial charge in [0.15, 0.2) is 0 Å². The fourth-order valence-corrected chi connectivity index (χ4v) is 5.60. The van der Waals surface area contributed by atoms with Gasteiger partial charge in [-0.15, -0.1) is 0 Å². The number of unbranched alkanes of at least 4 members (excludes halogenated alkanes) is 2. The van der Waals surface area contributed by atoms with Gasteiger partial charge in [-0.25, -0.2) is 9.59 Å². The highest BCUT2D eigenvalue weighted by molar-refractivity contribution is 5.88. The monoisotopic (exact) mass is 601 g/mol. The Bertz CT molecular complexity index is 1050. The van der Waals surface area contributed by atoms with Crippen LogP contribution < -0.4 is 5.32 Å². The predicted octanol–water partition coefficient (Wildman–Crippen LogP) is 4.84. The van der Waals surface area contributed by atoms with E-state index in [1.807, 2.05) is 65.0 Å². The molecule has 2 heterocycles. The van der Waals surface area contributed by atoms with Crippen molar-refractivity contribution in [2.45, 2.75) is 116 Å². The summed E-state index contributed by atoms with van der Waals surface area (Å²) in [6.45, 7) is 11.9. The van der Waals surface area contributed by atoms with Crippen molar-refractivity contribution in [1.29, 1.82) is 0 Å². The maximum atomic E-state index is 13.0. The largest absolute Gasteiger partial charge is 0.462 e. The lowest BCUT2D eigenvalue weighted by molar-refractivity contribution is -0.163. The minimum atomic E-state index is -0.583. The number of esters is 2. The highest BCUT2D eigenvalue weighted by Gasteiger charge is 2.38. The summed E-state index contributed by atoms with van der Waals surface area (Å²) in [4.78, 5) is 53.7. The lowest BCUT2D eigenvalue weighted by Crippen LogP contribution is -2.50. The normalized spacial score (nSPS) is 19.0. The van der Waals surface area contributed by atoms with Crippen LogP contribution in [0.25, 0.3) is 0 Å². The zero-order chi connectivity index (χ0) is 31.4. The molecule has 3 rings (SSSR count). The van der Waals surface area contributed by atoms with Crippen LogP contribution in [0.15, 0.2) is 30.3 Å². The van der Waals surface area contributed by atoms with Crippen LogP contribution in [0.3, 0.4) is 0 Å². The van der Waals surface area contributed by atoms with Gasteiger partial charge < -0.3 is 29.3 Å². The molecule has 2 aliphatic rings. The summed E-state index contributed by atoms with van der Waals surface area (Å²) in [6.07, 6.45) is 5.20. The van der Waals surface area contributed by atoms with Crippen LogP contribution in [0.1, 0.15) is 91.5 Å². The van der Waals surface area contributed by atoms with Gasteiger partial charge in [0.1, 0.15) is 24.4 Å². The second kappa shape index (κ2) is 16.6. The summed E-state index contributed by atoms with van der Waals surface area (Å²) in [5, 5.41) is 3.26. The molecule has 1 N–H and O–H groups in total. The van der Waals surface area contributed by atoms with Crippen molar-refractivity contribution < 1.29 is 33.4 Å². The lowest BCUT2D eigenvalue weighted by atomic mass is 9.92. The first-order valence-electron chi connectivity index (χ1n) is 15.9. The molecule has 10 heteroatoms. The molecule has 2 fully saturated rings. The van der Waals surface area contributed by atoms with E-state index in [4.69, 9.17) is 14.2 Å². The van der Waals surface area contributed by atoms with Crippen LogP contribution in [-0.4, -0.2) is 83.7 Å². The molecule has 2 amide bonds. The van der Waals surface area contributed by atoms with Crippen LogP contribution in [0, 0.1) is 5.92 Å². The fourth-order valence-electron chi connectivity index (χ4n) is 5.60. The Balaban J connectivity index is 1.25. The zero-order valence-electron chi connectivity index (χ0n) is 26.6. The van der Waals surface area contributed by atoms with Gasteiger partial charge in [-0.2, -0.15) is 0 Å². The third-order valence-corrected chi connectivity index (χ3v) is 8.08. The van der Waals surface area contributed by atoms with Crippen molar-refractivity contribution in [3.05, 3.63) is 35.9 Å². The molecule has 0 aliphatic carbocycles. The number of ether oxygens (including phenoxy) is 3. The third-order valence-electron chi connectivity index (χ3n) is 8.08. The van der Waals surface area contributed by atoms with E-state index >= 15 is 0 Å². The quantitative estimate of drug-likeness (QED) is 0.194. The molecule has 2 aliphatic heterocycles. The SMILES string of the molecule is CC(OC(=O)CCCCCN[C@@H](C)C(=O)N1CCC[C@H]1C(=O)OC(C)(C)C)C1CCN(C(=O)OCc2ccccc2)CC1. The van der Waals surface area contributed by atoms with Gasteiger partial charge in [0.05, 0.1) is 6.04 Å². The Morgan fingerprint density at radius 2 is 1.65 bits per heavy atom. The second-order valence-corrected chi connectivity index (χ2v) is 12.8. The summed E-state index contributed by atoms with van der Waals surface area (Å²) in [5.74, 6) is -0.399. The van der Waals surface area contributed by atoms with Crippen LogP contribution in [0.2, 0.25) is 0 Å². The van der Waals surface area contributed by atoms with Gasteiger partial charge in [-0.3, -0.25) is 9.59 Å². The molecular weight excluding hydrogens is 550 g/mol. The number of hydrogen-bond donors (Lipinski definition) is 1. The minimum absolute atomic E-state index is 0.0826. The second-order valence-electron chi connectivity index (χ2n) is 12.8. The van der Waals surface area contributed by atoms with Crippen LogP contribution in [0.5, 0.6) is 0 Å². The van der Waals surface area contributed by atoms with E-state index in [0.29, 0.717) is 45.4 Å². The fraction of sp³-hybridized carbons (Fsp3) is 0.697. The summed E-state index contributed by atoms with van der Waals surface area (Å²) in [5.41, 5.74) is 0.375. The molecule has 43 heavy (non-hydrogen) atoms. The van der Waals surface area contributed by atoms with Gasteiger partial charge in [0.2, 0.25) is 5.91 Å². The number of benzene rings is 1. The molecule has 1 aromatic carbocycles. The Hall–Kier alpha value is -3.14. The lowest BCUT2D eigenvalue weighted by Gasteiger charge is -2.34. The minimum Gasteiger partial charge on any atom is -0.462 e. The van der Waals surface area contributed by atoms with E-state index in [1.165, 1.54) is 0 Å². The number of hydrogen-bond acceptors (Lipinski definition) is 8. The van der Waals surface area contributed by atoms with Crippen LogP contribution in [0.4, 0.5) is 4.79 Å². The zero-order valence-corrected chi connectivity index (χ0v) is 26.6. The van der Waals surface area contributed by atoms with E-state index < -0.39 is 17.7 Å². The van der Waals surface area contributed by atoms with Crippen LogP contribution >= 0.6 is 0 Å². The first kappa shape index (κ1) is 34.4. The maximum absolute atomic E-state index is 13.0. The molecule has 0 radical (unpaired) electrons. The summed E-state index contributed by atoms with van der Waals surface area (Å²) in [7, 11) is 0. The number of piperidine rings is 1. The Morgan fingerprint density at radius 1 is 0.953 bits per heavy atom. The Labute approximate surface area is 256 Å². The maximum Gasteiger partial charge on any atom is 0.410 e. The molecule has 240 valence electrons. The number of nitrogens with zero attached hydrogens (tertiary/aromatic N) is 2. The molecule has 1 unspecified atom stereocenters. The molecule has 1 aromatic rings. The number of carbonyl (C=O) groups excluding carboxylic acids is 4. The smallest absolute Gasteiger partial charge is 0.410 e. The van der Waals surface area contributed by atoms with Gasteiger partial charge in [0.25, 0.3) is 0 Å². The van der Waals surface area contributed by atoms with Gasteiger partial charge in [0, 0.05) is 26.1 Å². The average Bonchev–Trinajstić information content (AvgIpc) is 3.47. The van der Waals surface area contributed by atoms with Crippen molar-refractivity contribution >= 4 is 23.9 Å². The molecule has 0 aromatic heterocycles. The average molecular weight is 602 g/mol. The van der Waals surface area contributed by atoms with Crippen molar-refractivity contribution in [2.75, 3.05) is 26.2 Å². The number of amides is 2. The molecular formula is C33H51N3O7. The molecule has 0 saturated carbocycles. The third kappa shape index (κ3) is 11.5. The molecule has 10 nitrogen and oxygen atoms in total. The Kier molecular flexibility index (Phi) is 13.3. The molecule has 0 spiro atoms. The highest BCUT2D eigenvalue weighted by Crippen LogP contribution is 2.24. The van der Waals surface area contributed by atoms with Crippen molar-refractivity contribution in [3.8, 4) is 0 Å². The number of nitrogens with one attached hydrogen (secondary N) is 1. The Morgan fingerprint density at radius 3 is 2.33 bits per heavy atom. The molecule has 2 saturated heterocycles. The summed E-state index contributed by atoms with van der Waals surface area (Å²) < 4.78 is 16.7. The first-order chi connectivity index (χ1) is 20.4. The standard InChI is InChI=1S/C33H51N3O7/c1-24(30(38)36-20-12-15-28(36)31(39)43-33(3,4)5)34-19-11-7-10-16-29(37)42-25(2)27-17-21-35(22-18-27)32(40)41-23-26-13-8-6-9-14-26/h6,8-9,13-14,24-25,27-28,34H,7,10-12,15-23H2,1-5H3/t24-,25?,28-/m0/s1. The van der Waals surface area contributed by atoms with E-state index in [1.54, 1.807) is 9.80 Å².